The van der Waals surface area contributed by atoms with Crippen molar-refractivity contribution in [1.29, 1.82) is 0 Å². The fourth-order valence-electron chi connectivity index (χ4n) is 2.80. The highest BCUT2D eigenvalue weighted by Crippen LogP contribution is 2.27. The van der Waals surface area contributed by atoms with Gasteiger partial charge in [-0.15, -0.1) is 0 Å². The fraction of sp³-hybridized carbons (Fsp3) is 0.636. The van der Waals surface area contributed by atoms with Gasteiger partial charge >= 0.3 is 0 Å². The molecule has 3 heterocycles. The van der Waals surface area contributed by atoms with E-state index in [4.69, 9.17) is 17.3 Å². The Morgan fingerprint density at radius 2 is 2.24 bits per heavy atom. The average molecular weight is 254 g/mol. The number of nitrogens with zero attached hydrogens (tertiary/aromatic N) is 4. The van der Waals surface area contributed by atoms with E-state index in [-0.39, 0.29) is 5.28 Å². The zero-order chi connectivity index (χ0) is 11.8. The maximum atomic E-state index is 5.92. The Bertz CT molecular complexity index is 424. The number of fused-ring (bicyclic) bond motifs is 1. The van der Waals surface area contributed by atoms with E-state index >= 15 is 0 Å². The van der Waals surface area contributed by atoms with Crippen molar-refractivity contribution in [3.8, 4) is 0 Å². The Kier molecular flexibility index (Phi) is 2.80. The summed E-state index contributed by atoms with van der Waals surface area (Å²) in [5.41, 5.74) is 6.53. The van der Waals surface area contributed by atoms with E-state index < -0.39 is 0 Å². The molecule has 0 saturated carbocycles. The van der Waals surface area contributed by atoms with Crippen LogP contribution in [0.15, 0.2) is 6.20 Å². The summed E-state index contributed by atoms with van der Waals surface area (Å²) in [4.78, 5) is 12.9. The van der Waals surface area contributed by atoms with Crippen LogP contribution in [0, 0.1) is 0 Å². The van der Waals surface area contributed by atoms with E-state index in [1.807, 2.05) is 0 Å². The summed E-state index contributed by atoms with van der Waals surface area (Å²) in [6.07, 6.45) is 4.17. The van der Waals surface area contributed by atoms with Crippen molar-refractivity contribution in [3.63, 3.8) is 0 Å². The third-order valence-electron chi connectivity index (χ3n) is 3.65. The van der Waals surface area contributed by atoms with Crippen LogP contribution in [0.3, 0.4) is 0 Å². The molecule has 1 aromatic rings. The molecule has 2 aliphatic heterocycles. The number of rotatable bonds is 1. The summed E-state index contributed by atoms with van der Waals surface area (Å²) in [7, 11) is 0. The third kappa shape index (κ3) is 2.05. The predicted octanol–water partition coefficient (Wildman–Crippen LogP) is 0.997. The van der Waals surface area contributed by atoms with Gasteiger partial charge in [0.15, 0.2) is 5.82 Å². The molecule has 3 rings (SSSR count). The molecular weight excluding hydrogens is 238 g/mol. The van der Waals surface area contributed by atoms with Gasteiger partial charge in [0.25, 0.3) is 0 Å². The van der Waals surface area contributed by atoms with Gasteiger partial charge in [-0.05, 0) is 31.0 Å². The van der Waals surface area contributed by atoms with Crippen LogP contribution < -0.4 is 10.6 Å². The summed E-state index contributed by atoms with van der Waals surface area (Å²) < 4.78 is 0. The Hall–Kier alpha value is -1.07. The largest absolute Gasteiger partial charge is 0.394 e. The van der Waals surface area contributed by atoms with Crippen LogP contribution in [-0.2, 0) is 0 Å². The number of halogens is 1. The number of aromatic nitrogens is 2. The summed E-state index contributed by atoms with van der Waals surface area (Å²) in [6, 6.07) is 0.650. The SMILES string of the molecule is Nc1cnc(Cl)nc1N1CCN2CCCC2C1. The van der Waals surface area contributed by atoms with Crippen LogP contribution in [0.1, 0.15) is 12.8 Å². The molecule has 1 unspecified atom stereocenters. The number of nitrogen functional groups attached to an aromatic ring is 1. The monoisotopic (exact) mass is 253 g/mol. The lowest BCUT2D eigenvalue weighted by Crippen LogP contribution is -2.50. The molecule has 6 heteroatoms. The van der Waals surface area contributed by atoms with Crippen molar-refractivity contribution in [2.75, 3.05) is 36.8 Å². The Balaban J connectivity index is 1.82. The smallest absolute Gasteiger partial charge is 0.224 e. The van der Waals surface area contributed by atoms with Crippen LogP contribution >= 0.6 is 11.6 Å². The van der Waals surface area contributed by atoms with E-state index in [1.165, 1.54) is 19.4 Å². The molecule has 0 spiro atoms. The summed E-state index contributed by atoms with van der Waals surface area (Å²) in [5, 5.41) is 0.267. The van der Waals surface area contributed by atoms with Gasteiger partial charge in [0.2, 0.25) is 5.28 Å². The number of hydrogen-bond donors (Lipinski definition) is 1. The van der Waals surface area contributed by atoms with Crippen LogP contribution in [0.4, 0.5) is 11.5 Å². The standard InChI is InChI=1S/C11H16ClN5/c12-11-14-6-9(13)10(15-11)17-5-4-16-3-1-2-8(16)7-17/h6,8H,1-5,7,13H2. The molecule has 0 radical (unpaired) electrons. The summed E-state index contributed by atoms with van der Waals surface area (Å²) in [6.45, 7) is 4.29. The van der Waals surface area contributed by atoms with Crippen molar-refractivity contribution in [2.24, 2.45) is 0 Å². The van der Waals surface area contributed by atoms with Crippen LogP contribution in [0.25, 0.3) is 0 Å². The highest BCUT2D eigenvalue weighted by Gasteiger charge is 2.31. The summed E-state index contributed by atoms with van der Waals surface area (Å²) >= 11 is 5.83. The number of anilines is 2. The minimum atomic E-state index is 0.267. The second-order valence-electron chi connectivity index (χ2n) is 4.70. The first-order valence-electron chi connectivity index (χ1n) is 6.01. The van der Waals surface area contributed by atoms with E-state index in [0.717, 1.165) is 25.5 Å². The Labute approximate surface area is 106 Å². The maximum Gasteiger partial charge on any atom is 0.224 e. The maximum absolute atomic E-state index is 5.92. The molecule has 0 aromatic carbocycles. The molecular formula is C11H16ClN5. The lowest BCUT2D eigenvalue weighted by Gasteiger charge is -2.38. The van der Waals surface area contributed by atoms with Gasteiger partial charge in [0.05, 0.1) is 11.9 Å². The summed E-state index contributed by atoms with van der Waals surface area (Å²) in [5.74, 6) is 0.788. The fourth-order valence-corrected chi connectivity index (χ4v) is 2.93. The van der Waals surface area contributed by atoms with E-state index in [0.29, 0.717) is 11.7 Å². The normalized spacial score (nSPS) is 25.0. The quantitative estimate of drug-likeness (QED) is 0.757. The zero-order valence-corrected chi connectivity index (χ0v) is 10.4. The van der Waals surface area contributed by atoms with Gasteiger partial charge in [0.1, 0.15) is 0 Å². The minimum Gasteiger partial charge on any atom is -0.394 e. The molecule has 5 nitrogen and oxygen atoms in total. The molecule has 0 bridgehead atoms. The van der Waals surface area contributed by atoms with E-state index in [9.17, 15) is 0 Å². The Morgan fingerprint density at radius 3 is 3.12 bits per heavy atom. The second kappa shape index (κ2) is 4.31. The number of nitrogens with two attached hydrogens (primary N) is 1. The molecule has 2 fully saturated rings. The second-order valence-corrected chi connectivity index (χ2v) is 5.03. The first kappa shape index (κ1) is 11.0. The first-order valence-corrected chi connectivity index (χ1v) is 6.39. The van der Waals surface area contributed by atoms with Crippen molar-refractivity contribution in [2.45, 2.75) is 18.9 Å². The molecule has 0 aliphatic carbocycles. The molecule has 92 valence electrons. The Morgan fingerprint density at radius 1 is 1.35 bits per heavy atom. The van der Waals surface area contributed by atoms with Gasteiger partial charge in [-0.25, -0.2) is 4.98 Å². The highest BCUT2D eigenvalue weighted by molar-refractivity contribution is 6.28. The minimum absolute atomic E-state index is 0.267. The van der Waals surface area contributed by atoms with Crippen molar-refractivity contribution >= 4 is 23.1 Å². The lowest BCUT2D eigenvalue weighted by molar-refractivity contribution is 0.230. The van der Waals surface area contributed by atoms with Crippen LogP contribution in [-0.4, -0.2) is 47.1 Å². The van der Waals surface area contributed by atoms with Gasteiger partial charge in [-0.3, -0.25) is 4.90 Å². The number of hydrogen-bond acceptors (Lipinski definition) is 5. The van der Waals surface area contributed by atoms with Gasteiger partial charge in [-0.2, -0.15) is 4.98 Å². The molecule has 1 aromatic heterocycles. The van der Waals surface area contributed by atoms with Gasteiger partial charge in [0, 0.05) is 25.7 Å². The van der Waals surface area contributed by atoms with E-state index in [1.54, 1.807) is 6.20 Å². The molecule has 17 heavy (non-hydrogen) atoms. The molecule has 2 saturated heterocycles. The van der Waals surface area contributed by atoms with Crippen LogP contribution in [0.2, 0.25) is 5.28 Å². The molecule has 2 aliphatic rings. The lowest BCUT2D eigenvalue weighted by atomic mass is 10.1. The zero-order valence-electron chi connectivity index (χ0n) is 9.64. The van der Waals surface area contributed by atoms with Crippen molar-refractivity contribution in [3.05, 3.63) is 11.5 Å². The molecule has 1 atom stereocenters. The van der Waals surface area contributed by atoms with Crippen LogP contribution in [0.5, 0.6) is 0 Å². The van der Waals surface area contributed by atoms with E-state index in [2.05, 4.69) is 19.8 Å². The molecule has 0 amide bonds. The molecule has 2 N–H and O–H groups in total. The number of piperazine rings is 1. The van der Waals surface area contributed by atoms with Crippen molar-refractivity contribution < 1.29 is 0 Å². The average Bonchev–Trinajstić information content (AvgIpc) is 2.79. The van der Waals surface area contributed by atoms with Gasteiger partial charge in [-0.1, -0.05) is 0 Å². The van der Waals surface area contributed by atoms with Gasteiger partial charge < -0.3 is 10.6 Å². The van der Waals surface area contributed by atoms with Crippen molar-refractivity contribution in [1.82, 2.24) is 14.9 Å². The predicted molar refractivity (Wildman–Crippen MR) is 68.3 cm³/mol. The third-order valence-corrected chi connectivity index (χ3v) is 3.84. The topological polar surface area (TPSA) is 58.3 Å². The highest BCUT2D eigenvalue weighted by atomic mass is 35.5. The first-order chi connectivity index (χ1) is 8.24.